The molecular formula is C11H11N5. The molecule has 0 spiro atoms. The molecule has 5 heteroatoms. The minimum absolute atomic E-state index is 0.856. The molecule has 1 N–H and O–H groups in total. The maximum absolute atomic E-state index is 4.31. The number of nitrogens with one attached hydrogen (secondary N) is 1. The lowest BCUT2D eigenvalue weighted by atomic mass is 10.2. The number of aromatic nitrogens is 5. The first-order chi connectivity index (χ1) is 7.88. The van der Waals surface area contributed by atoms with Crippen molar-refractivity contribution >= 4 is 11.0 Å². The molecule has 0 aliphatic carbocycles. The Kier molecular flexibility index (Phi) is 1.96. The van der Waals surface area contributed by atoms with E-state index in [4.69, 9.17) is 0 Å². The van der Waals surface area contributed by atoms with Gasteiger partial charge in [-0.1, -0.05) is 0 Å². The Hall–Kier alpha value is -2.17. The van der Waals surface area contributed by atoms with E-state index in [-0.39, 0.29) is 0 Å². The SMILES string of the molecule is CCn1cc(-c2ncnc3[nH]ccc23)cn1. The second-order valence-electron chi connectivity index (χ2n) is 3.55. The molecule has 0 radical (unpaired) electrons. The van der Waals surface area contributed by atoms with Gasteiger partial charge in [0, 0.05) is 29.9 Å². The van der Waals surface area contributed by atoms with Gasteiger partial charge in [-0.05, 0) is 13.0 Å². The first kappa shape index (κ1) is 9.08. The highest BCUT2D eigenvalue weighted by Crippen LogP contribution is 2.23. The van der Waals surface area contributed by atoms with Crippen molar-refractivity contribution in [2.45, 2.75) is 13.5 Å². The summed E-state index contributed by atoms with van der Waals surface area (Å²) in [6.07, 6.45) is 7.26. The van der Waals surface area contributed by atoms with Crippen LogP contribution in [-0.4, -0.2) is 24.7 Å². The van der Waals surface area contributed by atoms with E-state index in [2.05, 4.69) is 27.0 Å². The predicted molar refractivity (Wildman–Crippen MR) is 60.8 cm³/mol. The Labute approximate surface area is 92.2 Å². The van der Waals surface area contributed by atoms with E-state index < -0.39 is 0 Å². The Balaban J connectivity index is 2.21. The number of hydrogen-bond acceptors (Lipinski definition) is 3. The van der Waals surface area contributed by atoms with Crippen LogP contribution in [0.15, 0.2) is 31.0 Å². The second-order valence-corrected chi connectivity index (χ2v) is 3.55. The average Bonchev–Trinajstić information content (AvgIpc) is 2.97. The molecule has 0 aliphatic rings. The summed E-state index contributed by atoms with van der Waals surface area (Å²) in [6, 6.07) is 1.98. The molecule has 5 nitrogen and oxygen atoms in total. The van der Waals surface area contributed by atoms with Crippen molar-refractivity contribution in [3.05, 3.63) is 31.0 Å². The second kappa shape index (κ2) is 3.44. The highest BCUT2D eigenvalue weighted by Gasteiger charge is 2.08. The summed E-state index contributed by atoms with van der Waals surface area (Å²) in [5, 5.41) is 5.27. The maximum Gasteiger partial charge on any atom is 0.141 e. The molecule has 0 bridgehead atoms. The summed E-state index contributed by atoms with van der Waals surface area (Å²) in [4.78, 5) is 11.5. The summed E-state index contributed by atoms with van der Waals surface area (Å²) in [5.41, 5.74) is 2.80. The summed E-state index contributed by atoms with van der Waals surface area (Å²) in [6.45, 7) is 2.92. The Morgan fingerprint density at radius 3 is 3.12 bits per heavy atom. The zero-order valence-electron chi connectivity index (χ0n) is 8.88. The van der Waals surface area contributed by atoms with Gasteiger partial charge in [-0.2, -0.15) is 5.10 Å². The summed E-state index contributed by atoms with van der Waals surface area (Å²) in [5.74, 6) is 0. The van der Waals surface area contributed by atoms with E-state index in [1.54, 1.807) is 6.33 Å². The fourth-order valence-corrected chi connectivity index (χ4v) is 1.76. The third-order valence-corrected chi connectivity index (χ3v) is 2.58. The average molecular weight is 213 g/mol. The zero-order chi connectivity index (χ0) is 11.0. The summed E-state index contributed by atoms with van der Waals surface area (Å²) < 4.78 is 1.88. The van der Waals surface area contributed by atoms with Crippen LogP contribution in [0.5, 0.6) is 0 Å². The van der Waals surface area contributed by atoms with Gasteiger partial charge in [0.15, 0.2) is 0 Å². The lowest BCUT2D eigenvalue weighted by Crippen LogP contribution is -1.92. The lowest BCUT2D eigenvalue weighted by Gasteiger charge is -1.97. The molecule has 80 valence electrons. The molecular weight excluding hydrogens is 202 g/mol. The fraction of sp³-hybridized carbons (Fsp3) is 0.182. The lowest BCUT2D eigenvalue weighted by molar-refractivity contribution is 0.660. The van der Waals surface area contributed by atoms with Crippen molar-refractivity contribution in [1.82, 2.24) is 24.7 Å². The third-order valence-electron chi connectivity index (χ3n) is 2.58. The maximum atomic E-state index is 4.31. The van der Waals surface area contributed by atoms with Crippen LogP contribution in [0.3, 0.4) is 0 Å². The van der Waals surface area contributed by atoms with Gasteiger partial charge in [-0.25, -0.2) is 9.97 Å². The molecule has 3 aromatic rings. The number of rotatable bonds is 2. The summed E-state index contributed by atoms with van der Waals surface area (Å²) in [7, 11) is 0. The van der Waals surface area contributed by atoms with Crippen LogP contribution in [0.1, 0.15) is 6.92 Å². The first-order valence-corrected chi connectivity index (χ1v) is 5.19. The van der Waals surface area contributed by atoms with Crippen LogP contribution >= 0.6 is 0 Å². The minimum atomic E-state index is 0.856. The van der Waals surface area contributed by atoms with E-state index in [0.717, 1.165) is 28.8 Å². The number of nitrogens with zero attached hydrogens (tertiary/aromatic N) is 4. The van der Waals surface area contributed by atoms with E-state index in [1.165, 1.54) is 0 Å². The van der Waals surface area contributed by atoms with Crippen molar-refractivity contribution in [3.8, 4) is 11.3 Å². The van der Waals surface area contributed by atoms with Crippen molar-refractivity contribution in [2.75, 3.05) is 0 Å². The minimum Gasteiger partial charge on any atom is -0.346 e. The Bertz CT molecular complexity index is 622. The smallest absolute Gasteiger partial charge is 0.141 e. The van der Waals surface area contributed by atoms with E-state index in [1.807, 2.05) is 29.3 Å². The van der Waals surface area contributed by atoms with Gasteiger partial charge >= 0.3 is 0 Å². The molecule has 3 heterocycles. The first-order valence-electron chi connectivity index (χ1n) is 5.19. The summed E-state index contributed by atoms with van der Waals surface area (Å²) >= 11 is 0. The standard InChI is InChI=1S/C11H11N5/c1-2-16-6-8(5-15-16)10-9-3-4-12-11(9)14-7-13-10/h3-7H,2H2,1H3,(H,12,13,14). The number of fused-ring (bicyclic) bond motifs is 1. The van der Waals surface area contributed by atoms with E-state index in [0.29, 0.717) is 0 Å². The van der Waals surface area contributed by atoms with Gasteiger partial charge in [0.2, 0.25) is 0 Å². The zero-order valence-corrected chi connectivity index (χ0v) is 8.88. The van der Waals surface area contributed by atoms with Crippen LogP contribution in [0, 0.1) is 0 Å². The monoisotopic (exact) mass is 213 g/mol. The highest BCUT2D eigenvalue weighted by molar-refractivity contribution is 5.89. The molecule has 0 amide bonds. The molecule has 3 aromatic heterocycles. The molecule has 16 heavy (non-hydrogen) atoms. The largest absolute Gasteiger partial charge is 0.346 e. The van der Waals surface area contributed by atoms with Gasteiger partial charge < -0.3 is 4.98 Å². The van der Waals surface area contributed by atoms with Crippen LogP contribution in [0.2, 0.25) is 0 Å². The number of aryl methyl sites for hydroxylation is 1. The highest BCUT2D eigenvalue weighted by atomic mass is 15.3. The molecule has 0 aromatic carbocycles. The van der Waals surface area contributed by atoms with Crippen molar-refractivity contribution in [3.63, 3.8) is 0 Å². The molecule has 0 atom stereocenters. The van der Waals surface area contributed by atoms with Crippen LogP contribution < -0.4 is 0 Å². The molecule has 3 rings (SSSR count). The fourth-order valence-electron chi connectivity index (χ4n) is 1.76. The van der Waals surface area contributed by atoms with Gasteiger partial charge in [-0.3, -0.25) is 4.68 Å². The molecule has 0 unspecified atom stereocenters. The molecule has 0 aliphatic heterocycles. The van der Waals surface area contributed by atoms with Crippen molar-refractivity contribution in [2.24, 2.45) is 0 Å². The quantitative estimate of drug-likeness (QED) is 0.706. The molecule has 0 fully saturated rings. The molecule has 0 saturated heterocycles. The van der Waals surface area contributed by atoms with Gasteiger partial charge in [0.1, 0.15) is 12.0 Å². The van der Waals surface area contributed by atoms with Gasteiger partial charge in [0.25, 0.3) is 0 Å². The Morgan fingerprint density at radius 2 is 2.31 bits per heavy atom. The Morgan fingerprint density at radius 1 is 1.38 bits per heavy atom. The predicted octanol–water partition coefficient (Wildman–Crippen LogP) is 1.84. The van der Waals surface area contributed by atoms with Crippen molar-refractivity contribution < 1.29 is 0 Å². The number of hydrogen-bond donors (Lipinski definition) is 1. The third kappa shape index (κ3) is 1.29. The van der Waals surface area contributed by atoms with Crippen molar-refractivity contribution in [1.29, 1.82) is 0 Å². The van der Waals surface area contributed by atoms with Gasteiger partial charge in [0.05, 0.1) is 11.9 Å². The number of H-pyrrole nitrogens is 1. The topological polar surface area (TPSA) is 59.4 Å². The van der Waals surface area contributed by atoms with E-state index in [9.17, 15) is 0 Å². The van der Waals surface area contributed by atoms with Crippen LogP contribution in [0.4, 0.5) is 0 Å². The van der Waals surface area contributed by atoms with Crippen LogP contribution in [0.25, 0.3) is 22.3 Å². The normalized spacial score (nSPS) is 11.1. The molecule has 0 saturated carbocycles. The van der Waals surface area contributed by atoms with E-state index >= 15 is 0 Å². The van der Waals surface area contributed by atoms with Crippen LogP contribution in [-0.2, 0) is 6.54 Å². The van der Waals surface area contributed by atoms with Gasteiger partial charge in [-0.15, -0.1) is 0 Å². The number of aromatic amines is 1.